The number of hydrogen-bond acceptors (Lipinski definition) is 4. The Morgan fingerprint density at radius 1 is 1.15 bits per heavy atom. The van der Waals surface area contributed by atoms with Gasteiger partial charge in [0.25, 0.3) is 0 Å². The summed E-state index contributed by atoms with van der Waals surface area (Å²) < 4.78 is 1.95. The van der Waals surface area contributed by atoms with E-state index in [0.29, 0.717) is 19.1 Å². The van der Waals surface area contributed by atoms with Crippen LogP contribution in [0.25, 0.3) is 0 Å². The lowest BCUT2D eigenvalue weighted by molar-refractivity contribution is 0.0855. The lowest BCUT2D eigenvalue weighted by Gasteiger charge is -2.32. The summed E-state index contributed by atoms with van der Waals surface area (Å²) in [6.07, 6.45) is 8.12. The fourth-order valence-corrected chi connectivity index (χ4v) is 4.78. The van der Waals surface area contributed by atoms with Crippen molar-refractivity contribution < 1.29 is 9.59 Å². The molecule has 0 aromatic carbocycles. The zero-order valence-electron chi connectivity index (χ0n) is 14.8. The first kappa shape index (κ1) is 17.3. The van der Waals surface area contributed by atoms with Crippen LogP contribution in [0.1, 0.15) is 54.2 Å². The van der Waals surface area contributed by atoms with Crippen LogP contribution in [0.4, 0.5) is 10.6 Å². The Hall–Kier alpha value is -2.15. The Kier molecular flexibility index (Phi) is 5.06. The van der Waals surface area contributed by atoms with Gasteiger partial charge in [-0.1, -0.05) is 18.9 Å². The van der Waals surface area contributed by atoms with Crippen molar-refractivity contribution in [3.63, 3.8) is 0 Å². The number of nitrogens with zero attached hydrogens (tertiary/aromatic N) is 3. The Morgan fingerprint density at radius 3 is 2.77 bits per heavy atom. The van der Waals surface area contributed by atoms with Gasteiger partial charge in [0.15, 0.2) is 5.78 Å². The largest absolute Gasteiger partial charge is 0.324 e. The van der Waals surface area contributed by atoms with Crippen LogP contribution in [0.5, 0.6) is 0 Å². The zero-order chi connectivity index (χ0) is 17.9. The van der Waals surface area contributed by atoms with Gasteiger partial charge >= 0.3 is 6.03 Å². The molecule has 2 fully saturated rings. The number of amides is 2. The van der Waals surface area contributed by atoms with E-state index in [2.05, 4.69) is 10.4 Å². The molecule has 7 heteroatoms. The van der Waals surface area contributed by atoms with E-state index in [-0.39, 0.29) is 17.7 Å². The third-order valence-corrected chi connectivity index (χ3v) is 6.30. The highest BCUT2D eigenvalue weighted by Crippen LogP contribution is 2.31. The highest BCUT2D eigenvalue weighted by Gasteiger charge is 2.30. The number of piperidine rings is 1. The molecule has 1 aliphatic heterocycles. The highest BCUT2D eigenvalue weighted by molar-refractivity contribution is 7.12. The predicted octanol–water partition coefficient (Wildman–Crippen LogP) is 4.19. The van der Waals surface area contributed by atoms with Gasteiger partial charge in [0.1, 0.15) is 5.82 Å². The molecule has 2 amide bonds. The number of hydrogen-bond donors (Lipinski definition) is 1. The Balaban J connectivity index is 1.40. The van der Waals surface area contributed by atoms with E-state index in [1.54, 1.807) is 11.1 Å². The third-order valence-electron chi connectivity index (χ3n) is 5.42. The van der Waals surface area contributed by atoms with Crippen LogP contribution in [0, 0.1) is 5.92 Å². The molecule has 0 spiro atoms. The molecule has 138 valence electrons. The van der Waals surface area contributed by atoms with Gasteiger partial charge in [0.2, 0.25) is 0 Å². The lowest BCUT2D eigenvalue weighted by Crippen LogP contribution is -2.44. The minimum atomic E-state index is -0.131. The summed E-state index contributed by atoms with van der Waals surface area (Å²) in [5, 5.41) is 9.34. The van der Waals surface area contributed by atoms with Gasteiger partial charge in [-0.3, -0.25) is 10.1 Å². The number of ketones is 1. The molecule has 26 heavy (non-hydrogen) atoms. The van der Waals surface area contributed by atoms with E-state index in [4.69, 9.17) is 0 Å². The third kappa shape index (κ3) is 3.53. The zero-order valence-corrected chi connectivity index (χ0v) is 15.6. The molecule has 1 atom stereocenters. The summed E-state index contributed by atoms with van der Waals surface area (Å²) in [7, 11) is 0. The molecule has 2 aliphatic rings. The summed E-state index contributed by atoms with van der Waals surface area (Å²) in [5.41, 5.74) is 0. The fourth-order valence-electron chi connectivity index (χ4n) is 4.04. The van der Waals surface area contributed by atoms with Gasteiger partial charge in [0.05, 0.1) is 17.1 Å². The van der Waals surface area contributed by atoms with Crippen molar-refractivity contribution in [2.24, 2.45) is 5.92 Å². The standard InChI is InChI=1S/C19H24N4O2S/c24-18(16-8-4-12-26-16)14-5-3-11-22(13-14)19(25)21-17-9-10-20-23(17)15-6-1-2-7-15/h4,8-10,12,14-15H,1-3,5-7,11,13H2,(H,21,25). The summed E-state index contributed by atoms with van der Waals surface area (Å²) in [5.74, 6) is 0.815. The molecule has 1 saturated heterocycles. The Morgan fingerprint density at radius 2 is 2.00 bits per heavy atom. The normalized spacial score (nSPS) is 21.1. The molecular weight excluding hydrogens is 348 g/mol. The monoisotopic (exact) mass is 372 g/mol. The topological polar surface area (TPSA) is 67.2 Å². The first-order valence-electron chi connectivity index (χ1n) is 9.39. The van der Waals surface area contributed by atoms with Crippen molar-refractivity contribution in [1.82, 2.24) is 14.7 Å². The number of thiophene rings is 1. The van der Waals surface area contributed by atoms with Crippen molar-refractivity contribution >= 4 is 29.0 Å². The molecule has 1 aliphatic carbocycles. The van der Waals surface area contributed by atoms with Crippen LogP contribution in [-0.4, -0.2) is 39.6 Å². The fraction of sp³-hybridized carbons (Fsp3) is 0.526. The molecular formula is C19H24N4O2S. The van der Waals surface area contributed by atoms with Gasteiger partial charge in [-0.2, -0.15) is 5.10 Å². The predicted molar refractivity (Wildman–Crippen MR) is 102 cm³/mol. The molecule has 1 N–H and O–H groups in total. The van der Waals surface area contributed by atoms with Crippen LogP contribution in [-0.2, 0) is 0 Å². The average Bonchev–Trinajstić information content (AvgIpc) is 3.42. The summed E-state index contributed by atoms with van der Waals surface area (Å²) in [4.78, 5) is 27.9. The highest BCUT2D eigenvalue weighted by atomic mass is 32.1. The summed E-state index contributed by atoms with van der Waals surface area (Å²) in [6, 6.07) is 5.87. The van der Waals surface area contributed by atoms with Crippen molar-refractivity contribution in [2.45, 2.75) is 44.6 Å². The number of urea groups is 1. The quantitative estimate of drug-likeness (QED) is 0.819. The number of nitrogens with one attached hydrogen (secondary N) is 1. The van der Waals surface area contributed by atoms with Crippen molar-refractivity contribution in [3.05, 3.63) is 34.7 Å². The Bertz CT molecular complexity index is 764. The minimum absolute atomic E-state index is 0.104. The van der Waals surface area contributed by atoms with Crippen LogP contribution >= 0.6 is 11.3 Å². The SMILES string of the molecule is O=C(c1cccs1)C1CCCN(C(=O)Nc2ccnn2C2CCCC2)C1. The van der Waals surface area contributed by atoms with E-state index in [9.17, 15) is 9.59 Å². The summed E-state index contributed by atoms with van der Waals surface area (Å²) >= 11 is 1.47. The molecule has 2 aromatic heterocycles. The molecule has 2 aromatic rings. The number of aromatic nitrogens is 2. The van der Waals surface area contributed by atoms with Gasteiger partial charge in [-0.25, -0.2) is 9.48 Å². The van der Waals surface area contributed by atoms with E-state index in [1.807, 2.05) is 28.3 Å². The average molecular weight is 372 g/mol. The number of anilines is 1. The molecule has 3 heterocycles. The maximum absolute atomic E-state index is 12.8. The van der Waals surface area contributed by atoms with E-state index < -0.39 is 0 Å². The minimum Gasteiger partial charge on any atom is -0.324 e. The Labute approximate surface area is 157 Å². The first-order chi connectivity index (χ1) is 12.7. The maximum Gasteiger partial charge on any atom is 0.323 e. The van der Waals surface area contributed by atoms with Crippen LogP contribution in [0.2, 0.25) is 0 Å². The molecule has 1 saturated carbocycles. The van der Waals surface area contributed by atoms with Crippen molar-refractivity contribution in [2.75, 3.05) is 18.4 Å². The van der Waals surface area contributed by atoms with Crippen molar-refractivity contribution in [1.29, 1.82) is 0 Å². The van der Waals surface area contributed by atoms with Crippen LogP contribution in [0.3, 0.4) is 0 Å². The van der Waals surface area contributed by atoms with Gasteiger partial charge < -0.3 is 4.90 Å². The van der Waals surface area contributed by atoms with Gasteiger partial charge in [-0.05, 0) is 37.1 Å². The lowest BCUT2D eigenvalue weighted by atomic mass is 9.93. The molecule has 6 nitrogen and oxygen atoms in total. The number of carbonyl (C=O) groups excluding carboxylic acids is 2. The molecule has 0 radical (unpaired) electrons. The second-order valence-electron chi connectivity index (χ2n) is 7.16. The van der Waals surface area contributed by atoms with Gasteiger partial charge in [-0.15, -0.1) is 11.3 Å². The number of rotatable bonds is 4. The van der Waals surface area contributed by atoms with E-state index in [0.717, 1.165) is 36.4 Å². The number of carbonyl (C=O) groups is 2. The van der Waals surface area contributed by atoms with E-state index in [1.165, 1.54) is 24.2 Å². The molecule has 1 unspecified atom stereocenters. The molecule has 4 rings (SSSR count). The van der Waals surface area contributed by atoms with E-state index >= 15 is 0 Å². The second-order valence-corrected chi connectivity index (χ2v) is 8.10. The second kappa shape index (κ2) is 7.61. The first-order valence-corrected chi connectivity index (χ1v) is 10.3. The molecule has 0 bridgehead atoms. The smallest absolute Gasteiger partial charge is 0.323 e. The maximum atomic E-state index is 12.8. The van der Waals surface area contributed by atoms with Crippen LogP contribution in [0.15, 0.2) is 29.8 Å². The van der Waals surface area contributed by atoms with Crippen molar-refractivity contribution in [3.8, 4) is 0 Å². The number of Topliss-reactive ketones (excluding diaryl/α,β-unsaturated/α-hetero) is 1. The van der Waals surface area contributed by atoms with Crippen LogP contribution < -0.4 is 5.32 Å². The van der Waals surface area contributed by atoms with Gasteiger partial charge in [0, 0.05) is 25.1 Å². The summed E-state index contributed by atoms with van der Waals surface area (Å²) in [6.45, 7) is 1.18. The number of likely N-dealkylation sites (tertiary alicyclic amines) is 1.